The van der Waals surface area contributed by atoms with Gasteiger partial charge < -0.3 is 14.2 Å². The van der Waals surface area contributed by atoms with Gasteiger partial charge in [0.25, 0.3) is 0 Å². The quantitative estimate of drug-likeness (QED) is 0.0344. The van der Waals surface area contributed by atoms with Gasteiger partial charge >= 0.3 is 17.9 Å². The molecule has 3 atom stereocenters. The van der Waals surface area contributed by atoms with Gasteiger partial charge in [0.15, 0.2) is 6.10 Å². The van der Waals surface area contributed by atoms with Gasteiger partial charge in [-0.15, -0.1) is 0 Å². The van der Waals surface area contributed by atoms with Crippen LogP contribution in [-0.2, 0) is 28.6 Å². The van der Waals surface area contributed by atoms with Gasteiger partial charge in [0, 0.05) is 19.3 Å². The zero-order valence-corrected chi connectivity index (χ0v) is 43.4. The number of rotatable bonds is 50. The number of unbranched alkanes of at least 4 members (excludes halogenated alkanes) is 31. The Kier molecular flexibility index (Phi) is 47.1. The number of carbonyl (C=O) groups is 3. The molecule has 374 valence electrons. The average molecular weight is 892 g/mol. The molecule has 0 aliphatic heterocycles. The summed E-state index contributed by atoms with van der Waals surface area (Å²) < 4.78 is 16.9. The second-order valence-corrected chi connectivity index (χ2v) is 20.5. The van der Waals surface area contributed by atoms with Crippen molar-refractivity contribution >= 4 is 17.9 Å². The summed E-state index contributed by atoms with van der Waals surface area (Å²) in [5, 5.41) is 0. The van der Waals surface area contributed by atoms with E-state index in [1.165, 1.54) is 193 Å². The molecule has 6 nitrogen and oxygen atoms in total. The van der Waals surface area contributed by atoms with Crippen molar-refractivity contribution in [1.29, 1.82) is 0 Å². The largest absolute Gasteiger partial charge is 0.462 e. The normalized spacial score (nSPS) is 13.0. The number of esters is 3. The molecule has 2 unspecified atom stereocenters. The molecular weight excluding hydrogens is 781 g/mol. The second kappa shape index (κ2) is 48.3. The van der Waals surface area contributed by atoms with Gasteiger partial charge in [-0.25, -0.2) is 0 Å². The average Bonchev–Trinajstić information content (AvgIpc) is 3.27. The van der Waals surface area contributed by atoms with Crippen LogP contribution in [0.1, 0.15) is 311 Å². The van der Waals surface area contributed by atoms with E-state index in [9.17, 15) is 14.4 Å². The third-order valence-electron chi connectivity index (χ3n) is 13.6. The Morgan fingerprint density at radius 1 is 0.317 bits per heavy atom. The van der Waals surface area contributed by atoms with Crippen LogP contribution in [0.3, 0.4) is 0 Å². The molecule has 0 aliphatic rings. The minimum absolute atomic E-state index is 0.0644. The Labute approximate surface area is 393 Å². The minimum atomic E-state index is -0.764. The molecule has 0 heterocycles. The Balaban J connectivity index is 4.30. The van der Waals surface area contributed by atoms with Crippen molar-refractivity contribution in [3.8, 4) is 0 Å². The maximum atomic E-state index is 12.8. The van der Waals surface area contributed by atoms with E-state index in [2.05, 4.69) is 41.5 Å². The van der Waals surface area contributed by atoms with Gasteiger partial charge in [-0.1, -0.05) is 273 Å². The third-order valence-corrected chi connectivity index (χ3v) is 13.6. The molecule has 0 N–H and O–H groups in total. The minimum Gasteiger partial charge on any atom is -0.462 e. The first-order valence-corrected chi connectivity index (χ1v) is 28.2. The van der Waals surface area contributed by atoms with Crippen molar-refractivity contribution < 1.29 is 28.6 Å². The van der Waals surface area contributed by atoms with E-state index < -0.39 is 6.10 Å². The highest BCUT2D eigenvalue weighted by atomic mass is 16.6. The van der Waals surface area contributed by atoms with E-state index in [0.29, 0.717) is 19.3 Å². The van der Waals surface area contributed by atoms with Gasteiger partial charge in [-0.3, -0.25) is 14.4 Å². The lowest BCUT2D eigenvalue weighted by atomic mass is 9.99. The molecule has 0 amide bonds. The highest BCUT2D eigenvalue weighted by Crippen LogP contribution is 2.19. The monoisotopic (exact) mass is 891 g/mol. The van der Waals surface area contributed by atoms with Crippen LogP contribution in [0, 0.1) is 17.8 Å². The van der Waals surface area contributed by atoms with Gasteiger partial charge in [0.05, 0.1) is 0 Å². The molecule has 0 saturated heterocycles. The highest BCUT2D eigenvalue weighted by Gasteiger charge is 2.19. The zero-order chi connectivity index (χ0) is 46.3. The predicted molar refractivity (Wildman–Crippen MR) is 270 cm³/mol. The molecule has 0 aromatic carbocycles. The first-order valence-electron chi connectivity index (χ1n) is 28.2. The molecular formula is C57H110O6. The molecule has 0 aromatic heterocycles. The van der Waals surface area contributed by atoms with Crippen LogP contribution in [0.4, 0.5) is 0 Å². The van der Waals surface area contributed by atoms with E-state index in [4.69, 9.17) is 14.2 Å². The van der Waals surface area contributed by atoms with Crippen LogP contribution in [0.2, 0.25) is 0 Å². The topological polar surface area (TPSA) is 78.9 Å². The van der Waals surface area contributed by atoms with Gasteiger partial charge in [-0.05, 0) is 37.0 Å². The van der Waals surface area contributed by atoms with E-state index in [1.54, 1.807) is 0 Å². The van der Waals surface area contributed by atoms with E-state index >= 15 is 0 Å². The van der Waals surface area contributed by atoms with E-state index in [1.807, 2.05) is 0 Å². The molecule has 0 aliphatic carbocycles. The second-order valence-electron chi connectivity index (χ2n) is 20.5. The van der Waals surface area contributed by atoms with Crippen LogP contribution in [-0.4, -0.2) is 37.2 Å². The summed E-state index contributed by atoms with van der Waals surface area (Å²) >= 11 is 0. The molecule has 0 aromatic rings. The molecule has 0 rings (SSSR count). The fourth-order valence-corrected chi connectivity index (χ4v) is 8.58. The van der Waals surface area contributed by atoms with E-state index in [0.717, 1.165) is 75.5 Å². The summed E-state index contributed by atoms with van der Waals surface area (Å²) in [7, 11) is 0. The summed E-state index contributed by atoms with van der Waals surface area (Å²) in [6, 6.07) is 0. The van der Waals surface area contributed by atoms with E-state index in [-0.39, 0.29) is 31.1 Å². The molecule has 0 spiro atoms. The first kappa shape index (κ1) is 61.4. The first-order chi connectivity index (χ1) is 30.7. The fourth-order valence-electron chi connectivity index (χ4n) is 8.58. The maximum absolute atomic E-state index is 12.8. The number of ether oxygens (including phenoxy) is 3. The Morgan fingerprint density at radius 3 is 0.825 bits per heavy atom. The van der Waals surface area contributed by atoms with Crippen molar-refractivity contribution in [1.82, 2.24) is 0 Å². The summed E-state index contributed by atoms with van der Waals surface area (Å²) in [5.41, 5.74) is 0. The number of carbonyl (C=O) groups excluding carboxylic acids is 3. The summed E-state index contributed by atoms with van der Waals surface area (Å²) in [5.74, 6) is 1.72. The van der Waals surface area contributed by atoms with Crippen LogP contribution in [0.25, 0.3) is 0 Å². The lowest BCUT2D eigenvalue weighted by Gasteiger charge is -2.18. The van der Waals surface area contributed by atoms with Crippen molar-refractivity contribution in [2.75, 3.05) is 13.2 Å². The van der Waals surface area contributed by atoms with Crippen LogP contribution in [0.15, 0.2) is 0 Å². The molecule has 63 heavy (non-hydrogen) atoms. The van der Waals surface area contributed by atoms with Crippen molar-refractivity contribution in [2.24, 2.45) is 17.8 Å². The van der Waals surface area contributed by atoms with Gasteiger partial charge in [0.1, 0.15) is 13.2 Å². The van der Waals surface area contributed by atoms with Crippen molar-refractivity contribution in [3.63, 3.8) is 0 Å². The molecule has 0 radical (unpaired) electrons. The molecule has 0 saturated carbocycles. The summed E-state index contributed by atoms with van der Waals surface area (Å²) in [6.45, 7) is 13.8. The maximum Gasteiger partial charge on any atom is 0.306 e. The third kappa shape index (κ3) is 48.2. The smallest absolute Gasteiger partial charge is 0.306 e. The van der Waals surface area contributed by atoms with Crippen molar-refractivity contribution in [2.45, 2.75) is 317 Å². The lowest BCUT2D eigenvalue weighted by Crippen LogP contribution is -2.30. The summed E-state index contributed by atoms with van der Waals surface area (Å²) in [6.07, 6.45) is 49.4. The number of hydrogen-bond acceptors (Lipinski definition) is 6. The Hall–Kier alpha value is -1.59. The SMILES string of the molecule is CCC(C)CCCCCCCCCCCCC(=O)OC[C@H](COC(=O)CCCCCCCCCCC(C)CC)OC(=O)CCCCCCCCCCCCCCCCCCC(C)C. The summed E-state index contributed by atoms with van der Waals surface area (Å²) in [4.78, 5) is 38.1. The molecule has 0 bridgehead atoms. The van der Waals surface area contributed by atoms with Gasteiger partial charge in [0.2, 0.25) is 0 Å². The Bertz CT molecular complexity index is 980. The zero-order valence-electron chi connectivity index (χ0n) is 43.4. The highest BCUT2D eigenvalue weighted by molar-refractivity contribution is 5.71. The molecule has 6 heteroatoms. The lowest BCUT2D eigenvalue weighted by molar-refractivity contribution is -0.167. The number of hydrogen-bond donors (Lipinski definition) is 0. The van der Waals surface area contributed by atoms with Crippen LogP contribution >= 0.6 is 0 Å². The predicted octanol–water partition coefficient (Wildman–Crippen LogP) is 18.3. The van der Waals surface area contributed by atoms with Gasteiger partial charge in [-0.2, -0.15) is 0 Å². The van der Waals surface area contributed by atoms with Crippen LogP contribution in [0.5, 0.6) is 0 Å². The Morgan fingerprint density at radius 2 is 0.556 bits per heavy atom. The standard InChI is InChI=1S/C57H110O6/c1-7-52(5)44-38-32-26-20-17-18-21-28-34-40-46-55(58)61-49-54(50-62-56(59)47-41-35-29-24-23-27-33-39-45-53(6)8-2)63-57(60)48-42-36-30-22-16-14-12-10-9-11-13-15-19-25-31-37-43-51(3)4/h51-54H,7-50H2,1-6H3/t52?,53?,54-/m1/s1. The van der Waals surface area contributed by atoms with Crippen molar-refractivity contribution in [3.05, 3.63) is 0 Å². The van der Waals surface area contributed by atoms with Crippen LogP contribution < -0.4 is 0 Å². The fraction of sp³-hybridized carbons (Fsp3) is 0.947. The molecule has 0 fully saturated rings.